The largest absolute Gasteiger partial charge is 0.299 e. The molecule has 2 heterocycles. The maximum absolute atomic E-state index is 13.5. The van der Waals surface area contributed by atoms with Gasteiger partial charge in [-0.05, 0) is 19.9 Å². The highest BCUT2D eigenvalue weighted by Crippen LogP contribution is 2.16. The van der Waals surface area contributed by atoms with Crippen LogP contribution in [-0.2, 0) is 6.54 Å². The molecule has 0 spiro atoms. The van der Waals surface area contributed by atoms with E-state index in [0.29, 0.717) is 5.69 Å². The number of hydrogen-bond donors (Lipinski definition) is 0. The minimum atomic E-state index is -1.01. The number of fused-ring (bicyclic) bond motifs is 1. The fourth-order valence-electron chi connectivity index (χ4n) is 2.23. The number of aromatic nitrogens is 4. The molecule has 0 aliphatic heterocycles. The molecule has 22 heavy (non-hydrogen) atoms. The van der Waals surface area contributed by atoms with Crippen LogP contribution >= 0.6 is 0 Å². The van der Waals surface area contributed by atoms with Crippen molar-refractivity contribution in [1.29, 1.82) is 0 Å². The van der Waals surface area contributed by atoms with Crippen LogP contribution in [0.25, 0.3) is 11.0 Å². The molecular formula is C15H14F2N4O. The topological polar surface area (TPSA) is 52.7 Å². The summed E-state index contributed by atoms with van der Waals surface area (Å²) in [5.74, 6) is -2.00. The molecule has 0 aliphatic carbocycles. The lowest BCUT2D eigenvalue weighted by Crippen LogP contribution is -2.21. The van der Waals surface area contributed by atoms with Gasteiger partial charge in [-0.25, -0.2) is 13.8 Å². The molecule has 114 valence electrons. The van der Waals surface area contributed by atoms with Crippen molar-refractivity contribution in [2.45, 2.75) is 26.4 Å². The number of rotatable bonds is 3. The normalized spacial score (nSPS) is 11.5. The van der Waals surface area contributed by atoms with Crippen LogP contribution in [-0.4, -0.2) is 19.3 Å². The fraction of sp³-hybridized carbons (Fsp3) is 0.267. The van der Waals surface area contributed by atoms with E-state index in [2.05, 4.69) is 10.1 Å². The van der Waals surface area contributed by atoms with Crippen LogP contribution in [0.1, 0.15) is 25.6 Å². The van der Waals surface area contributed by atoms with Crippen molar-refractivity contribution in [3.05, 3.63) is 58.3 Å². The average molecular weight is 304 g/mol. The fourth-order valence-corrected chi connectivity index (χ4v) is 2.23. The van der Waals surface area contributed by atoms with Gasteiger partial charge in [-0.15, -0.1) is 0 Å². The van der Waals surface area contributed by atoms with E-state index in [1.807, 2.05) is 20.0 Å². The van der Waals surface area contributed by atoms with E-state index < -0.39 is 17.2 Å². The molecule has 3 aromatic rings. The zero-order valence-electron chi connectivity index (χ0n) is 12.1. The van der Waals surface area contributed by atoms with Crippen molar-refractivity contribution in [3.8, 4) is 0 Å². The van der Waals surface area contributed by atoms with Crippen molar-refractivity contribution in [2.24, 2.45) is 0 Å². The molecule has 0 unspecified atom stereocenters. The van der Waals surface area contributed by atoms with E-state index in [1.165, 1.54) is 4.57 Å². The Morgan fingerprint density at radius 1 is 1.23 bits per heavy atom. The Morgan fingerprint density at radius 3 is 2.64 bits per heavy atom. The lowest BCUT2D eigenvalue weighted by molar-refractivity contribution is 0.509. The van der Waals surface area contributed by atoms with E-state index in [-0.39, 0.29) is 23.6 Å². The van der Waals surface area contributed by atoms with Crippen molar-refractivity contribution < 1.29 is 8.78 Å². The quantitative estimate of drug-likeness (QED) is 0.747. The van der Waals surface area contributed by atoms with Gasteiger partial charge in [0.05, 0.1) is 29.5 Å². The number of nitrogens with zero attached hydrogens (tertiary/aromatic N) is 4. The van der Waals surface area contributed by atoms with Gasteiger partial charge in [0, 0.05) is 24.4 Å². The minimum absolute atomic E-state index is 0.169. The Balaban J connectivity index is 2.10. The first-order chi connectivity index (χ1) is 10.5. The third-order valence-corrected chi connectivity index (χ3v) is 3.40. The maximum atomic E-state index is 13.5. The molecular weight excluding hydrogens is 290 g/mol. The van der Waals surface area contributed by atoms with Gasteiger partial charge < -0.3 is 0 Å². The molecule has 1 aromatic carbocycles. The Morgan fingerprint density at radius 2 is 1.95 bits per heavy atom. The van der Waals surface area contributed by atoms with E-state index in [0.717, 1.165) is 18.3 Å². The molecule has 0 saturated carbocycles. The average Bonchev–Trinajstić information content (AvgIpc) is 2.93. The van der Waals surface area contributed by atoms with Crippen molar-refractivity contribution >= 4 is 11.0 Å². The summed E-state index contributed by atoms with van der Waals surface area (Å²) >= 11 is 0. The van der Waals surface area contributed by atoms with E-state index in [4.69, 9.17) is 0 Å². The molecule has 5 nitrogen and oxygen atoms in total. The molecule has 3 rings (SSSR count). The Bertz CT molecular complexity index is 898. The highest BCUT2D eigenvalue weighted by Gasteiger charge is 2.11. The smallest absolute Gasteiger partial charge is 0.269 e. The molecule has 0 N–H and O–H groups in total. The highest BCUT2D eigenvalue weighted by atomic mass is 19.2. The van der Waals surface area contributed by atoms with Crippen LogP contribution in [0.2, 0.25) is 0 Å². The van der Waals surface area contributed by atoms with Crippen molar-refractivity contribution in [1.82, 2.24) is 19.3 Å². The monoisotopic (exact) mass is 304 g/mol. The third-order valence-electron chi connectivity index (χ3n) is 3.40. The predicted octanol–water partition coefficient (Wildman–Crippen LogP) is 2.50. The summed E-state index contributed by atoms with van der Waals surface area (Å²) in [6, 6.07) is 3.95. The zero-order valence-corrected chi connectivity index (χ0v) is 12.1. The first kappa shape index (κ1) is 14.4. The summed E-state index contributed by atoms with van der Waals surface area (Å²) in [7, 11) is 0. The summed E-state index contributed by atoms with van der Waals surface area (Å²) in [6.45, 7) is 4.15. The van der Waals surface area contributed by atoms with Crippen LogP contribution in [0.15, 0.2) is 35.4 Å². The standard InChI is InChI=1S/C15H14F2N4O/c1-9(2)21-4-3-10(19-21)8-20-14-6-12(17)11(16)5-13(14)18-7-15(20)22/h3-7,9H,8H2,1-2H3. The van der Waals surface area contributed by atoms with Gasteiger partial charge in [-0.2, -0.15) is 5.10 Å². The van der Waals surface area contributed by atoms with Gasteiger partial charge in [0.25, 0.3) is 5.56 Å². The first-order valence-electron chi connectivity index (χ1n) is 6.84. The Kier molecular flexibility index (Phi) is 3.48. The molecule has 0 aliphatic rings. The van der Waals surface area contributed by atoms with Crippen LogP contribution in [0, 0.1) is 11.6 Å². The number of halogens is 2. The number of hydrogen-bond acceptors (Lipinski definition) is 3. The highest BCUT2D eigenvalue weighted by molar-refractivity contribution is 5.74. The van der Waals surface area contributed by atoms with Crippen LogP contribution < -0.4 is 5.56 Å². The first-order valence-corrected chi connectivity index (χ1v) is 6.84. The van der Waals surface area contributed by atoms with E-state index in [1.54, 1.807) is 10.7 Å². The summed E-state index contributed by atoms with van der Waals surface area (Å²) < 4.78 is 29.9. The molecule has 0 fully saturated rings. The maximum Gasteiger partial charge on any atom is 0.269 e. The second kappa shape index (κ2) is 5.32. The third kappa shape index (κ3) is 2.49. The molecule has 0 saturated heterocycles. The van der Waals surface area contributed by atoms with E-state index in [9.17, 15) is 13.6 Å². The second-order valence-corrected chi connectivity index (χ2v) is 5.32. The lowest BCUT2D eigenvalue weighted by atomic mass is 10.2. The molecule has 2 aromatic heterocycles. The van der Waals surface area contributed by atoms with Crippen molar-refractivity contribution in [3.63, 3.8) is 0 Å². The van der Waals surface area contributed by atoms with Crippen LogP contribution in [0.4, 0.5) is 8.78 Å². The van der Waals surface area contributed by atoms with Gasteiger partial charge >= 0.3 is 0 Å². The molecule has 0 atom stereocenters. The molecule has 0 radical (unpaired) electrons. The van der Waals surface area contributed by atoms with Crippen LogP contribution in [0.5, 0.6) is 0 Å². The molecule has 0 bridgehead atoms. The van der Waals surface area contributed by atoms with Crippen molar-refractivity contribution in [2.75, 3.05) is 0 Å². The summed E-state index contributed by atoms with van der Waals surface area (Å²) in [6.07, 6.45) is 2.91. The number of benzene rings is 1. The Labute approximate surface area is 124 Å². The second-order valence-electron chi connectivity index (χ2n) is 5.32. The predicted molar refractivity (Wildman–Crippen MR) is 77.6 cm³/mol. The SMILES string of the molecule is CC(C)n1ccc(Cn2c(=O)cnc3cc(F)c(F)cc32)n1. The summed E-state index contributed by atoms with van der Waals surface area (Å²) in [4.78, 5) is 15.9. The molecule has 7 heteroatoms. The van der Waals surface area contributed by atoms with Crippen LogP contribution in [0.3, 0.4) is 0 Å². The minimum Gasteiger partial charge on any atom is -0.299 e. The zero-order chi connectivity index (χ0) is 15.9. The molecule has 0 amide bonds. The lowest BCUT2D eigenvalue weighted by Gasteiger charge is -2.09. The van der Waals surface area contributed by atoms with Gasteiger partial charge in [0.2, 0.25) is 0 Å². The van der Waals surface area contributed by atoms with Gasteiger partial charge in [-0.3, -0.25) is 14.0 Å². The Hall–Kier alpha value is -2.57. The summed E-state index contributed by atoms with van der Waals surface area (Å²) in [5, 5.41) is 4.36. The summed E-state index contributed by atoms with van der Waals surface area (Å²) in [5.41, 5.74) is 0.734. The van der Waals surface area contributed by atoms with E-state index >= 15 is 0 Å². The van der Waals surface area contributed by atoms with Gasteiger partial charge in [0.1, 0.15) is 0 Å². The van der Waals surface area contributed by atoms with Gasteiger partial charge in [0.15, 0.2) is 11.6 Å². The van der Waals surface area contributed by atoms with Gasteiger partial charge in [-0.1, -0.05) is 0 Å².